The molecule has 2 atom stereocenters. The van der Waals surface area contributed by atoms with Gasteiger partial charge in [0.1, 0.15) is 0 Å². The largest absolute Gasteiger partial charge is 0.253 e. The minimum atomic E-state index is -2.64. The van der Waals surface area contributed by atoms with Crippen molar-refractivity contribution < 1.29 is 0 Å². The van der Waals surface area contributed by atoms with Crippen LogP contribution in [0.15, 0.2) is 0 Å². The maximum atomic E-state index is 6.53. The van der Waals surface area contributed by atoms with Crippen LogP contribution in [0.5, 0.6) is 0 Å². The molecule has 108 valence electrons. The Labute approximate surface area is 149 Å². The van der Waals surface area contributed by atoms with Gasteiger partial charge in [-0.15, -0.1) is 88.6 Å². The third-order valence-electron chi connectivity index (χ3n) is 3.20. The van der Waals surface area contributed by atoms with E-state index in [1.54, 1.807) is 0 Å². The lowest BCUT2D eigenvalue weighted by molar-refractivity contribution is 1.08. The SMILES string of the molecule is C[Si](Cl)(Cl)C1C[Si](Cl)(Cl)C([Si](C)(Cl)Cl)C[Si]1(Cl)Cl. The van der Waals surface area contributed by atoms with Gasteiger partial charge in [-0.1, -0.05) is 0 Å². The van der Waals surface area contributed by atoms with Crippen LogP contribution in [0.3, 0.4) is 0 Å². The molecule has 2 unspecified atom stereocenters. The van der Waals surface area contributed by atoms with Crippen LogP contribution < -0.4 is 0 Å². The second kappa shape index (κ2) is 6.00. The van der Waals surface area contributed by atoms with Gasteiger partial charge >= 0.3 is 0 Å². The molecule has 18 heavy (non-hydrogen) atoms. The van der Waals surface area contributed by atoms with Gasteiger partial charge in [0, 0.05) is 10.3 Å². The van der Waals surface area contributed by atoms with Crippen molar-refractivity contribution in [3.63, 3.8) is 0 Å². The van der Waals surface area contributed by atoms with Crippen LogP contribution in [0.4, 0.5) is 0 Å². The molecule has 1 aliphatic heterocycles. The lowest BCUT2D eigenvalue weighted by Crippen LogP contribution is -2.55. The average molecular weight is 480 g/mol. The first-order valence-corrected chi connectivity index (χ1v) is 23.0. The van der Waals surface area contributed by atoms with Gasteiger partial charge in [-0.2, -0.15) is 0 Å². The summed E-state index contributed by atoms with van der Waals surface area (Å²) in [4.78, 5) is 0. The van der Waals surface area contributed by atoms with Crippen LogP contribution in [0, 0.1) is 0 Å². The molecule has 1 rings (SSSR count). The molecule has 0 N–H and O–H groups in total. The highest BCUT2D eigenvalue weighted by Gasteiger charge is 2.64. The Morgan fingerprint density at radius 3 is 1.11 bits per heavy atom. The Kier molecular flexibility index (Phi) is 6.41. The predicted octanol–water partition coefficient (Wildman–Crippen LogP) is 6.76. The van der Waals surface area contributed by atoms with Gasteiger partial charge in [0.2, 0.25) is 0 Å². The Morgan fingerprint density at radius 1 is 0.722 bits per heavy atom. The summed E-state index contributed by atoms with van der Waals surface area (Å²) in [5.41, 5.74) is 0. The third kappa shape index (κ3) is 4.59. The molecule has 0 aromatic rings. The third-order valence-corrected chi connectivity index (χ3v) is 31.0. The van der Waals surface area contributed by atoms with E-state index < -0.39 is 26.8 Å². The quantitative estimate of drug-likeness (QED) is 0.303. The molecule has 0 aliphatic carbocycles. The molecule has 0 aromatic carbocycles. The molecule has 0 nitrogen and oxygen atoms in total. The van der Waals surface area contributed by atoms with Gasteiger partial charge in [-0.05, 0) is 25.2 Å². The van der Waals surface area contributed by atoms with E-state index in [1.807, 2.05) is 13.1 Å². The standard InChI is InChI=1S/C6H12Cl8Si4/c1-15(7,8)5-3-18(13,14)6(16(2,9)10)4-17(5,11)12/h5-6H,3-4H2,1-2H3. The van der Waals surface area contributed by atoms with E-state index in [2.05, 4.69) is 0 Å². The Morgan fingerprint density at radius 2 is 0.944 bits per heavy atom. The van der Waals surface area contributed by atoms with E-state index in [-0.39, 0.29) is 10.3 Å². The van der Waals surface area contributed by atoms with Gasteiger partial charge in [0.25, 0.3) is 26.8 Å². The van der Waals surface area contributed by atoms with Crippen LogP contribution in [0.2, 0.25) is 35.5 Å². The van der Waals surface area contributed by atoms with Crippen molar-refractivity contribution in [2.75, 3.05) is 0 Å². The maximum absolute atomic E-state index is 6.53. The fourth-order valence-corrected chi connectivity index (χ4v) is 48.7. The summed E-state index contributed by atoms with van der Waals surface area (Å²) < 4.78 is 0. The second-order valence-electron chi connectivity index (χ2n) is 4.95. The van der Waals surface area contributed by atoms with E-state index in [4.69, 9.17) is 88.6 Å². The highest BCUT2D eigenvalue weighted by atomic mass is 35.7. The van der Waals surface area contributed by atoms with Crippen molar-refractivity contribution in [3.8, 4) is 0 Å². The van der Waals surface area contributed by atoms with Gasteiger partial charge in [-0.25, -0.2) is 0 Å². The van der Waals surface area contributed by atoms with Crippen molar-refractivity contribution in [2.45, 2.75) is 35.5 Å². The molecule has 0 bridgehead atoms. The van der Waals surface area contributed by atoms with E-state index >= 15 is 0 Å². The fourth-order valence-electron chi connectivity index (χ4n) is 2.23. The lowest BCUT2D eigenvalue weighted by Gasteiger charge is -2.47. The zero-order valence-corrected chi connectivity index (χ0v) is 19.6. The lowest BCUT2D eigenvalue weighted by atomic mass is 10.9. The molecule has 0 spiro atoms. The minimum Gasteiger partial charge on any atom is -0.146 e. The van der Waals surface area contributed by atoms with Gasteiger partial charge in [0.05, 0.1) is 0 Å². The van der Waals surface area contributed by atoms with Crippen molar-refractivity contribution in [2.24, 2.45) is 0 Å². The van der Waals surface area contributed by atoms with E-state index in [1.165, 1.54) is 0 Å². The van der Waals surface area contributed by atoms with Crippen LogP contribution in [0.25, 0.3) is 0 Å². The predicted molar refractivity (Wildman–Crippen MR) is 98.7 cm³/mol. The Bertz CT molecular complexity index is 289. The minimum absolute atomic E-state index is 0.140. The number of rotatable bonds is 2. The molecule has 1 fully saturated rings. The highest BCUT2D eigenvalue weighted by molar-refractivity contribution is 7.62. The van der Waals surface area contributed by atoms with Crippen molar-refractivity contribution >= 4 is 115 Å². The molecule has 0 radical (unpaired) electrons. The van der Waals surface area contributed by atoms with E-state index in [9.17, 15) is 0 Å². The second-order valence-corrected chi connectivity index (χ2v) is 36.4. The van der Waals surface area contributed by atoms with Gasteiger partial charge in [-0.3, -0.25) is 0 Å². The zero-order valence-electron chi connectivity index (χ0n) is 9.59. The van der Waals surface area contributed by atoms with Crippen LogP contribution >= 0.6 is 88.6 Å². The monoisotopic (exact) mass is 476 g/mol. The summed E-state index contributed by atoms with van der Waals surface area (Å²) in [6, 6.07) is 0.996. The highest BCUT2D eigenvalue weighted by Crippen LogP contribution is 2.62. The van der Waals surface area contributed by atoms with E-state index in [0.29, 0.717) is 12.1 Å². The molecule has 1 saturated heterocycles. The van der Waals surface area contributed by atoms with Crippen molar-refractivity contribution in [3.05, 3.63) is 0 Å². The molecular formula is C6H12Cl8Si4. The van der Waals surface area contributed by atoms with Crippen molar-refractivity contribution in [1.82, 2.24) is 0 Å². The summed E-state index contributed by atoms with van der Waals surface area (Å²) >= 11 is 51.3. The summed E-state index contributed by atoms with van der Waals surface area (Å²) in [7, 11) is 0. The summed E-state index contributed by atoms with van der Waals surface area (Å²) in [5, 5.41) is -0.279. The first kappa shape index (κ1) is 19.2. The molecule has 1 heterocycles. The summed E-state index contributed by atoms with van der Waals surface area (Å²) in [6.07, 6.45) is 0. The Hall–Kier alpha value is 3.19. The van der Waals surface area contributed by atoms with E-state index in [0.717, 1.165) is 0 Å². The van der Waals surface area contributed by atoms with Crippen molar-refractivity contribution in [1.29, 1.82) is 0 Å². The normalized spacial score (nSPS) is 32.3. The molecule has 1 aliphatic rings. The number of halogens is 8. The molecule has 0 saturated carbocycles. The fraction of sp³-hybridized carbons (Fsp3) is 1.00. The average Bonchev–Trinajstić information content (AvgIpc) is 2.05. The topological polar surface area (TPSA) is 0 Å². The molecule has 0 aromatic heterocycles. The molecular weight excluding hydrogens is 468 g/mol. The maximum Gasteiger partial charge on any atom is 0.253 e. The summed E-state index contributed by atoms with van der Waals surface area (Å²) in [6.45, 7) is -6.73. The zero-order chi connectivity index (χ0) is 14.6. The first-order chi connectivity index (χ1) is 7.68. The number of hydrogen-bond acceptors (Lipinski definition) is 0. The smallest absolute Gasteiger partial charge is 0.146 e. The van der Waals surface area contributed by atoms with Crippen LogP contribution in [-0.2, 0) is 0 Å². The Balaban J connectivity index is 3.11. The molecule has 12 heteroatoms. The molecule has 0 amide bonds. The van der Waals surface area contributed by atoms with Gasteiger partial charge < -0.3 is 0 Å². The number of hydrogen-bond donors (Lipinski definition) is 0. The first-order valence-electron chi connectivity index (χ1n) is 5.19. The van der Waals surface area contributed by atoms with Crippen LogP contribution in [0.1, 0.15) is 0 Å². The van der Waals surface area contributed by atoms with Crippen LogP contribution in [-0.4, -0.2) is 26.8 Å². The summed E-state index contributed by atoms with van der Waals surface area (Å²) in [5.74, 6) is 0. The van der Waals surface area contributed by atoms with Gasteiger partial charge in [0.15, 0.2) is 0 Å².